The van der Waals surface area contributed by atoms with Gasteiger partial charge in [0.05, 0.1) is 6.07 Å². The average Bonchev–Trinajstić information content (AvgIpc) is 2.19. The lowest BCUT2D eigenvalue weighted by atomic mass is 10.0. The zero-order valence-electron chi connectivity index (χ0n) is 6.87. The molecular weight excluding hydrogens is 140 g/mol. The fraction of sp³-hybridized carbons (Fsp3) is 0.750. The number of hydrogen-bond acceptors (Lipinski definition) is 2. The molecule has 2 unspecified atom stereocenters. The van der Waals surface area contributed by atoms with Crippen molar-refractivity contribution in [2.24, 2.45) is 11.8 Å². The van der Waals surface area contributed by atoms with Crippen LogP contribution in [0.4, 0.5) is 0 Å². The van der Waals surface area contributed by atoms with Crippen LogP contribution < -0.4 is 0 Å². The average molecular weight is 152 g/mol. The van der Waals surface area contributed by atoms with Crippen LogP contribution in [-0.4, -0.2) is 23.9 Å². The number of likely N-dealkylation sites (tertiary alicyclic amines) is 1. The molecule has 0 aromatic carbocycles. The van der Waals surface area contributed by atoms with Gasteiger partial charge in [-0.05, 0) is 5.92 Å². The molecule has 0 aromatic heterocycles. The van der Waals surface area contributed by atoms with Gasteiger partial charge in [-0.3, -0.25) is 4.79 Å². The minimum atomic E-state index is 0.100. The lowest BCUT2D eigenvalue weighted by Crippen LogP contribution is -2.26. The molecule has 0 aromatic rings. The molecule has 3 nitrogen and oxygen atoms in total. The number of nitriles is 1. The fourth-order valence-electron chi connectivity index (χ4n) is 1.35. The normalized spacial score (nSPS) is 30.6. The van der Waals surface area contributed by atoms with Gasteiger partial charge in [0, 0.05) is 12.5 Å². The molecule has 1 fully saturated rings. The van der Waals surface area contributed by atoms with E-state index >= 15 is 0 Å². The highest BCUT2D eigenvalue weighted by Gasteiger charge is 2.33. The van der Waals surface area contributed by atoms with E-state index in [2.05, 4.69) is 0 Å². The highest BCUT2D eigenvalue weighted by atomic mass is 16.2. The van der Waals surface area contributed by atoms with Gasteiger partial charge in [0.1, 0.15) is 6.54 Å². The van der Waals surface area contributed by atoms with E-state index in [-0.39, 0.29) is 18.4 Å². The van der Waals surface area contributed by atoms with Crippen molar-refractivity contribution in [3.05, 3.63) is 0 Å². The first-order valence-corrected chi connectivity index (χ1v) is 3.82. The summed E-state index contributed by atoms with van der Waals surface area (Å²) in [4.78, 5) is 12.9. The summed E-state index contributed by atoms with van der Waals surface area (Å²) < 4.78 is 0. The topological polar surface area (TPSA) is 44.1 Å². The molecule has 2 atom stereocenters. The maximum absolute atomic E-state index is 11.3. The minimum absolute atomic E-state index is 0.100. The zero-order valence-corrected chi connectivity index (χ0v) is 6.87. The van der Waals surface area contributed by atoms with Crippen LogP contribution in [0.15, 0.2) is 0 Å². The second-order valence-corrected chi connectivity index (χ2v) is 3.14. The summed E-state index contributed by atoms with van der Waals surface area (Å²) in [5.74, 6) is 0.623. The largest absolute Gasteiger partial charge is 0.329 e. The third-order valence-electron chi connectivity index (χ3n) is 2.32. The monoisotopic (exact) mass is 152 g/mol. The Labute approximate surface area is 66.6 Å². The predicted molar refractivity (Wildman–Crippen MR) is 40.5 cm³/mol. The number of amides is 1. The third-order valence-corrected chi connectivity index (χ3v) is 2.32. The highest BCUT2D eigenvalue weighted by molar-refractivity contribution is 5.81. The molecule has 0 aliphatic carbocycles. The molecule has 1 aliphatic heterocycles. The van der Waals surface area contributed by atoms with E-state index in [4.69, 9.17) is 5.26 Å². The van der Waals surface area contributed by atoms with Gasteiger partial charge in [0.25, 0.3) is 0 Å². The molecule has 1 amide bonds. The Hall–Kier alpha value is -1.04. The number of carbonyl (C=O) groups excluding carboxylic acids is 1. The lowest BCUT2D eigenvalue weighted by Gasteiger charge is -2.09. The van der Waals surface area contributed by atoms with E-state index in [0.717, 1.165) is 6.54 Å². The van der Waals surface area contributed by atoms with Crippen LogP contribution in [0.25, 0.3) is 0 Å². The first-order chi connectivity index (χ1) is 5.16. The molecule has 1 aliphatic rings. The van der Waals surface area contributed by atoms with Crippen molar-refractivity contribution in [1.29, 1.82) is 5.26 Å². The van der Waals surface area contributed by atoms with Crippen molar-refractivity contribution in [3.63, 3.8) is 0 Å². The molecule has 0 saturated carbocycles. The maximum atomic E-state index is 11.3. The lowest BCUT2D eigenvalue weighted by molar-refractivity contribution is -0.130. The Bertz CT molecular complexity index is 207. The van der Waals surface area contributed by atoms with Crippen LogP contribution in [-0.2, 0) is 4.79 Å². The van der Waals surface area contributed by atoms with Crippen molar-refractivity contribution in [2.45, 2.75) is 13.8 Å². The van der Waals surface area contributed by atoms with Crippen molar-refractivity contribution in [1.82, 2.24) is 4.90 Å². The van der Waals surface area contributed by atoms with Gasteiger partial charge in [-0.25, -0.2) is 0 Å². The third kappa shape index (κ3) is 1.35. The quantitative estimate of drug-likeness (QED) is 0.517. The zero-order chi connectivity index (χ0) is 8.43. The number of nitrogens with zero attached hydrogens (tertiary/aromatic N) is 2. The molecular formula is C8H12N2O. The number of hydrogen-bond donors (Lipinski definition) is 0. The molecule has 0 radical (unpaired) electrons. The summed E-state index contributed by atoms with van der Waals surface area (Å²) >= 11 is 0. The van der Waals surface area contributed by atoms with Crippen LogP contribution in [0.1, 0.15) is 13.8 Å². The van der Waals surface area contributed by atoms with Gasteiger partial charge < -0.3 is 4.90 Å². The summed E-state index contributed by atoms with van der Waals surface area (Å²) in [6.45, 7) is 4.95. The van der Waals surface area contributed by atoms with Gasteiger partial charge in [-0.2, -0.15) is 5.26 Å². The molecule has 60 valence electrons. The SMILES string of the molecule is CC1CN(CC#N)C(=O)C1C. The van der Waals surface area contributed by atoms with Crippen molar-refractivity contribution >= 4 is 5.91 Å². The van der Waals surface area contributed by atoms with Gasteiger partial charge >= 0.3 is 0 Å². The summed E-state index contributed by atoms with van der Waals surface area (Å²) in [7, 11) is 0. The van der Waals surface area contributed by atoms with Crippen molar-refractivity contribution in [2.75, 3.05) is 13.1 Å². The molecule has 0 bridgehead atoms. The van der Waals surface area contributed by atoms with Gasteiger partial charge in [-0.15, -0.1) is 0 Å². The van der Waals surface area contributed by atoms with E-state index in [9.17, 15) is 4.79 Å². The Morgan fingerprint density at radius 2 is 2.36 bits per heavy atom. The van der Waals surface area contributed by atoms with Gasteiger partial charge in [0.15, 0.2) is 0 Å². The van der Waals surface area contributed by atoms with Crippen molar-refractivity contribution < 1.29 is 4.79 Å². The summed E-state index contributed by atoms with van der Waals surface area (Å²) in [6.07, 6.45) is 0. The number of carbonyl (C=O) groups is 1. The Morgan fingerprint density at radius 1 is 1.73 bits per heavy atom. The second-order valence-electron chi connectivity index (χ2n) is 3.14. The summed E-state index contributed by atoms with van der Waals surface area (Å²) in [5.41, 5.74) is 0. The molecule has 1 rings (SSSR count). The number of rotatable bonds is 1. The fourth-order valence-corrected chi connectivity index (χ4v) is 1.35. The highest BCUT2D eigenvalue weighted by Crippen LogP contribution is 2.22. The van der Waals surface area contributed by atoms with E-state index in [1.807, 2.05) is 19.9 Å². The van der Waals surface area contributed by atoms with E-state index in [1.165, 1.54) is 0 Å². The first-order valence-electron chi connectivity index (χ1n) is 3.82. The molecule has 11 heavy (non-hydrogen) atoms. The standard InChI is InChI=1S/C8H12N2O/c1-6-5-10(4-3-9)8(11)7(6)2/h6-7H,4-5H2,1-2H3. The Kier molecular flexibility index (Phi) is 2.13. The van der Waals surface area contributed by atoms with Crippen LogP contribution in [0, 0.1) is 23.2 Å². The van der Waals surface area contributed by atoms with Gasteiger partial charge in [-0.1, -0.05) is 13.8 Å². The minimum Gasteiger partial charge on any atom is -0.329 e. The van der Waals surface area contributed by atoms with E-state index in [0.29, 0.717) is 5.92 Å². The van der Waals surface area contributed by atoms with Gasteiger partial charge in [0.2, 0.25) is 5.91 Å². The molecule has 3 heteroatoms. The van der Waals surface area contributed by atoms with Crippen molar-refractivity contribution in [3.8, 4) is 6.07 Å². The van der Waals surface area contributed by atoms with Crippen LogP contribution in [0.2, 0.25) is 0 Å². The maximum Gasteiger partial charge on any atom is 0.226 e. The Balaban J connectivity index is 2.61. The molecule has 0 spiro atoms. The summed E-state index contributed by atoms with van der Waals surface area (Å²) in [6, 6.07) is 1.99. The molecule has 1 heterocycles. The smallest absolute Gasteiger partial charge is 0.226 e. The van der Waals surface area contributed by atoms with Crippen LogP contribution >= 0.6 is 0 Å². The second kappa shape index (κ2) is 2.91. The first kappa shape index (κ1) is 8.06. The summed E-state index contributed by atoms with van der Waals surface area (Å²) in [5, 5.41) is 8.37. The van der Waals surface area contributed by atoms with Crippen LogP contribution in [0.3, 0.4) is 0 Å². The molecule has 0 N–H and O–H groups in total. The Morgan fingerprint density at radius 3 is 2.73 bits per heavy atom. The molecule has 1 saturated heterocycles. The van der Waals surface area contributed by atoms with E-state index < -0.39 is 0 Å². The van der Waals surface area contributed by atoms with E-state index in [1.54, 1.807) is 4.90 Å². The predicted octanol–water partition coefficient (Wildman–Crippen LogP) is 0.624. The van der Waals surface area contributed by atoms with Crippen LogP contribution in [0.5, 0.6) is 0 Å².